The highest BCUT2D eigenvalue weighted by molar-refractivity contribution is 5.82. The number of aliphatic hydroxyl groups is 3. The lowest BCUT2D eigenvalue weighted by atomic mass is 10.1. The lowest BCUT2D eigenvalue weighted by Gasteiger charge is -2.14. The van der Waals surface area contributed by atoms with Gasteiger partial charge in [-0.1, -0.05) is 0 Å². The summed E-state index contributed by atoms with van der Waals surface area (Å²) in [4.78, 5) is 14.8. The normalized spacial score (nSPS) is 29.9. The molecule has 10 heteroatoms. The van der Waals surface area contributed by atoms with Crippen molar-refractivity contribution in [2.24, 2.45) is 0 Å². The van der Waals surface area contributed by atoms with Crippen LogP contribution in [0.2, 0.25) is 0 Å². The molecule has 0 aliphatic carbocycles. The number of imidazole rings is 1. The molecule has 1 fully saturated rings. The monoisotopic (exact) mass is 282 g/mol. The summed E-state index contributed by atoms with van der Waals surface area (Å²) in [6, 6.07) is 0. The second kappa shape index (κ2) is 4.83. The van der Waals surface area contributed by atoms with Gasteiger partial charge in [0.15, 0.2) is 17.8 Å². The Balaban J connectivity index is 1.70. The second-order valence-electron chi connectivity index (χ2n) is 4.47. The van der Waals surface area contributed by atoms with Crippen LogP contribution in [0, 0.1) is 0 Å². The van der Waals surface area contributed by atoms with Gasteiger partial charge in [-0.25, -0.2) is 9.97 Å². The van der Waals surface area contributed by atoms with Crippen molar-refractivity contribution in [2.45, 2.75) is 24.6 Å². The Morgan fingerprint density at radius 3 is 2.75 bits per heavy atom. The molecule has 3 heterocycles. The van der Waals surface area contributed by atoms with Crippen LogP contribution in [0.25, 0.3) is 11.2 Å². The molecule has 0 amide bonds. The van der Waals surface area contributed by atoms with E-state index >= 15 is 0 Å². The molecule has 1 aliphatic heterocycles. The minimum Gasteiger partial charge on any atom is -0.387 e. The molecule has 3 rings (SSSR count). The number of hydrogen-bond acceptors (Lipinski definition) is 9. The smallest absolute Gasteiger partial charge is 0.202 e. The lowest BCUT2D eigenvalue weighted by Crippen LogP contribution is -2.35. The number of nitrogen functional groups attached to an aromatic ring is 1. The number of hydrogen-bond donors (Lipinski definition) is 6. The highest BCUT2D eigenvalue weighted by Gasteiger charge is 2.41. The first-order chi connectivity index (χ1) is 9.56. The first-order valence-electron chi connectivity index (χ1n) is 5.96. The molecule has 0 aromatic carbocycles. The minimum atomic E-state index is -1.39. The van der Waals surface area contributed by atoms with Crippen molar-refractivity contribution in [1.29, 1.82) is 0 Å². The minimum absolute atomic E-state index is 0.141. The standard InChI is InChI=1S/C10H14N6O4/c11-7-4-8(14-2-13-7)16-10(15-4)12-1-3-5(17)6(18)9(19)20-3/h2-3,5-6,9,17-19H,1H2,(H4,11,12,13,14,15,16)/t3-,5-,6-,9?/m1/s1. The molecule has 0 radical (unpaired) electrons. The molecule has 2 aromatic rings. The number of nitrogens with two attached hydrogens (primary N) is 1. The average Bonchev–Trinajstić information content (AvgIpc) is 2.95. The Hall–Kier alpha value is -2.01. The molecule has 20 heavy (non-hydrogen) atoms. The fourth-order valence-corrected chi connectivity index (χ4v) is 2.02. The van der Waals surface area contributed by atoms with E-state index in [0.29, 0.717) is 17.1 Å². The molecule has 7 N–H and O–H groups in total. The third-order valence-corrected chi connectivity index (χ3v) is 3.13. The van der Waals surface area contributed by atoms with Crippen molar-refractivity contribution in [3.05, 3.63) is 6.33 Å². The van der Waals surface area contributed by atoms with Crippen molar-refractivity contribution < 1.29 is 20.1 Å². The number of nitrogens with zero attached hydrogens (tertiary/aromatic N) is 3. The van der Waals surface area contributed by atoms with E-state index in [1.54, 1.807) is 0 Å². The molecular weight excluding hydrogens is 268 g/mol. The molecule has 0 saturated carbocycles. The molecule has 1 unspecified atom stereocenters. The van der Waals surface area contributed by atoms with E-state index in [-0.39, 0.29) is 12.4 Å². The summed E-state index contributed by atoms with van der Waals surface area (Å²) >= 11 is 0. The van der Waals surface area contributed by atoms with Crippen LogP contribution in [0.4, 0.5) is 11.8 Å². The van der Waals surface area contributed by atoms with Gasteiger partial charge in [0.2, 0.25) is 5.95 Å². The Morgan fingerprint density at radius 1 is 1.30 bits per heavy atom. The number of aliphatic hydroxyl groups excluding tert-OH is 3. The molecule has 0 bridgehead atoms. The van der Waals surface area contributed by atoms with Gasteiger partial charge in [-0.15, -0.1) is 0 Å². The van der Waals surface area contributed by atoms with E-state index in [1.807, 2.05) is 0 Å². The van der Waals surface area contributed by atoms with E-state index in [4.69, 9.17) is 10.5 Å². The zero-order valence-corrected chi connectivity index (χ0v) is 10.3. The number of H-pyrrole nitrogens is 1. The Morgan fingerprint density at radius 2 is 2.10 bits per heavy atom. The molecule has 1 saturated heterocycles. The first kappa shape index (κ1) is 13.0. The molecule has 0 spiro atoms. The first-order valence-corrected chi connectivity index (χ1v) is 5.96. The maximum Gasteiger partial charge on any atom is 0.202 e. The molecule has 108 valence electrons. The number of ether oxygens (including phenoxy) is 1. The predicted molar refractivity (Wildman–Crippen MR) is 67.5 cm³/mol. The van der Waals surface area contributed by atoms with Crippen LogP contribution in [0.3, 0.4) is 0 Å². The van der Waals surface area contributed by atoms with Gasteiger partial charge in [-0.2, -0.15) is 4.98 Å². The van der Waals surface area contributed by atoms with Crippen molar-refractivity contribution in [1.82, 2.24) is 19.9 Å². The summed E-state index contributed by atoms with van der Waals surface area (Å²) in [7, 11) is 0. The lowest BCUT2D eigenvalue weighted by molar-refractivity contribution is -0.124. The maximum atomic E-state index is 9.64. The Bertz CT molecular complexity index is 619. The summed E-state index contributed by atoms with van der Waals surface area (Å²) < 4.78 is 5.00. The predicted octanol–water partition coefficient (Wildman–Crippen LogP) is -2.21. The highest BCUT2D eigenvalue weighted by Crippen LogP contribution is 2.20. The number of rotatable bonds is 3. The topological polar surface area (TPSA) is 162 Å². The van der Waals surface area contributed by atoms with Crippen LogP contribution >= 0.6 is 0 Å². The molecular formula is C10H14N6O4. The average molecular weight is 282 g/mol. The fourth-order valence-electron chi connectivity index (χ4n) is 2.02. The number of anilines is 2. The van der Waals surface area contributed by atoms with E-state index in [1.165, 1.54) is 6.33 Å². The van der Waals surface area contributed by atoms with Crippen LogP contribution < -0.4 is 11.1 Å². The van der Waals surface area contributed by atoms with Crippen molar-refractivity contribution >= 4 is 22.9 Å². The van der Waals surface area contributed by atoms with Crippen LogP contribution in [0.15, 0.2) is 6.33 Å². The van der Waals surface area contributed by atoms with E-state index in [0.717, 1.165) is 0 Å². The van der Waals surface area contributed by atoms with Crippen molar-refractivity contribution in [3.8, 4) is 0 Å². The van der Waals surface area contributed by atoms with Gasteiger partial charge in [0.1, 0.15) is 30.2 Å². The SMILES string of the molecule is Nc1ncnc2nc(NC[C@H]3OC(O)[C@H](O)[C@@H]3O)[nH]c12. The molecule has 2 aromatic heterocycles. The van der Waals surface area contributed by atoms with Gasteiger partial charge in [-0.05, 0) is 0 Å². The fraction of sp³-hybridized carbons (Fsp3) is 0.500. The maximum absolute atomic E-state index is 9.64. The second-order valence-corrected chi connectivity index (χ2v) is 4.47. The Labute approximate surface area is 112 Å². The molecule has 10 nitrogen and oxygen atoms in total. The van der Waals surface area contributed by atoms with Crippen LogP contribution in [-0.2, 0) is 4.74 Å². The summed E-state index contributed by atoms with van der Waals surface area (Å²) in [6.45, 7) is 0.141. The van der Waals surface area contributed by atoms with E-state index in [9.17, 15) is 15.3 Å². The van der Waals surface area contributed by atoms with Gasteiger partial charge in [0, 0.05) is 6.54 Å². The third kappa shape index (κ3) is 2.14. The summed E-state index contributed by atoms with van der Waals surface area (Å²) in [5.41, 5.74) is 6.58. The van der Waals surface area contributed by atoms with Gasteiger partial charge >= 0.3 is 0 Å². The van der Waals surface area contributed by atoms with Gasteiger partial charge in [0.05, 0.1) is 0 Å². The van der Waals surface area contributed by atoms with E-state index < -0.39 is 24.6 Å². The van der Waals surface area contributed by atoms with Crippen LogP contribution in [0.1, 0.15) is 0 Å². The van der Waals surface area contributed by atoms with Gasteiger partial charge < -0.3 is 36.1 Å². The van der Waals surface area contributed by atoms with Crippen LogP contribution in [-0.4, -0.2) is 66.4 Å². The zero-order chi connectivity index (χ0) is 14.3. The largest absolute Gasteiger partial charge is 0.387 e. The molecule has 4 atom stereocenters. The summed E-state index contributed by atoms with van der Waals surface area (Å²) in [5.74, 6) is 0.650. The quantitative estimate of drug-likeness (QED) is 0.366. The number of fused-ring (bicyclic) bond motifs is 1. The van der Waals surface area contributed by atoms with Crippen molar-refractivity contribution in [2.75, 3.05) is 17.6 Å². The summed E-state index contributed by atoms with van der Waals surface area (Å²) in [6.07, 6.45) is -3.34. The number of aromatic nitrogens is 4. The Kier molecular flexibility index (Phi) is 3.14. The number of aromatic amines is 1. The van der Waals surface area contributed by atoms with Crippen LogP contribution in [0.5, 0.6) is 0 Å². The van der Waals surface area contributed by atoms with Gasteiger partial charge in [0.25, 0.3) is 0 Å². The van der Waals surface area contributed by atoms with Crippen molar-refractivity contribution in [3.63, 3.8) is 0 Å². The zero-order valence-electron chi connectivity index (χ0n) is 10.3. The number of nitrogens with one attached hydrogen (secondary N) is 2. The third-order valence-electron chi connectivity index (χ3n) is 3.13. The summed E-state index contributed by atoms with van der Waals surface area (Å²) in [5, 5.41) is 31.2. The van der Waals surface area contributed by atoms with Gasteiger partial charge in [-0.3, -0.25) is 0 Å². The van der Waals surface area contributed by atoms with E-state index in [2.05, 4.69) is 25.3 Å². The highest BCUT2D eigenvalue weighted by atomic mass is 16.6. The molecule has 1 aliphatic rings.